The van der Waals surface area contributed by atoms with Gasteiger partial charge in [0.25, 0.3) is 0 Å². The van der Waals surface area contributed by atoms with Crippen molar-refractivity contribution < 1.29 is 22.8 Å². The predicted octanol–water partition coefficient (Wildman–Crippen LogP) is 4.23. The molecule has 0 bridgehead atoms. The summed E-state index contributed by atoms with van der Waals surface area (Å²) in [6.45, 7) is 5.90. The fourth-order valence-electron chi connectivity index (χ4n) is 2.62. The monoisotopic (exact) mass is 424 g/mol. The lowest BCUT2D eigenvalue weighted by Gasteiger charge is -2.24. The third kappa shape index (κ3) is 5.06. The molecule has 1 aliphatic heterocycles. The first-order valence-corrected chi connectivity index (χ1v) is 9.62. The van der Waals surface area contributed by atoms with Crippen LogP contribution in [0.1, 0.15) is 38.6 Å². The second kappa shape index (κ2) is 7.66. The SMILES string of the molecule is CC(C)(C)c1ncc(NC(=O)C[C@H]2Sc3ccc(C(F)(F)F)cc3NC2=O)cn1. The molecule has 0 saturated carbocycles. The minimum Gasteiger partial charge on any atom is -0.324 e. The Morgan fingerprint density at radius 1 is 1.21 bits per heavy atom. The van der Waals surface area contributed by atoms with Gasteiger partial charge in [-0.25, -0.2) is 9.97 Å². The Kier molecular flexibility index (Phi) is 5.57. The zero-order valence-electron chi connectivity index (χ0n) is 15.9. The molecule has 2 aromatic rings. The van der Waals surface area contributed by atoms with Crippen LogP contribution in [0.3, 0.4) is 0 Å². The fraction of sp³-hybridized carbons (Fsp3) is 0.368. The van der Waals surface area contributed by atoms with Crippen LogP contribution in [0.2, 0.25) is 0 Å². The molecular weight excluding hydrogens is 405 g/mol. The molecule has 1 aliphatic rings. The molecule has 2 heterocycles. The largest absolute Gasteiger partial charge is 0.416 e. The number of benzene rings is 1. The quantitative estimate of drug-likeness (QED) is 0.770. The van der Waals surface area contributed by atoms with Crippen LogP contribution in [-0.2, 0) is 21.2 Å². The van der Waals surface area contributed by atoms with Crippen molar-refractivity contribution in [1.82, 2.24) is 9.97 Å². The molecule has 0 radical (unpaired) electrons. The number of carbonyl (C=O) groups is 2. The van der Waals surface area contributed by atoms with E-state index in [0.29, 0.717) is 16.4 Å². The smallest absolute Gasteiger partial charge is 0.324 e. The van der Waals surface area contributed by atoms with E-state index < -0.39 is 28.8 Å². The number of nitrogens with one attached hydrogen (secondary N) is 2. The number of nitrogens with zero attached hydrogens (tertiary/aromatic N) is 2. The van der Waals surface area contributed by atoms with Crippen molar-refractivity contribution in [3.8, 4) is 0 Å². The van der Waals surface area contributed by atoms with E-state index in [2.05, 4.69) is 20.6 Å². The highest BCUT2D eigenvalue weighted by atomic mass is 32.2. The molecule has 3 rings (SSSR count). The highest BCUT2D eigenvalue weighted by molar-refractivity contribution is 8.01. The van der Waals surface area contributed by atoms with Gasteiger partial charge < -0.3 is 10.6 Å². The van der Waals surface area contributed by atoms with Crippen LogP contribution >= 0.6 is 11.8 Å². The number of fused-ring (bicyclic) bond motifs is 1. The summed E-state index contributed by atoms with van der Waals surface area (Å²) in [5.74, 6) is -0.302. The molecule has 0 spiro atoms. The Morgan fingerprint density at radius 2 is 1.86 bits per heavy atom. The number of anilines is 2. The summed E-state index contributed by atoms with van der Waals surface area (Å²) in [6.07, 6.45) is -1.65. The minimum absolute atomic E-state index is 0.0950. The predicted molar refractivity (Wildman–Crippen MR) is 104 cm³/mol. The molecule has 1 aromatic carbocycles. The molecule has 1 atom stereocenters. The molecule has 6 nitrogen and oxygen atoms in total. The number of carbonyl (C=O) groups excluding carboxylic acids is 2. The van der Waals surface area contributed by atoms with Gasteiger partial charge in [-0.15, -0.1) is 11.8 Å². The molecule has 1 aromatic heterocycles. The first-order chi connectivity index (χ1) is 13.4. The van der Waals surface area contributed by atoms with Gasteiger partial charge in [-0.05, 0) is 18.2 Å². The van der Waals surface area contributed by atoms with E-state index in [0.717, 1.165) is 23.9 Å². The molecule has 0 saturated heterocycles. The second-order valence-corrected chi connectivity index (χ2v) is 8.85. The molecule has 2 amide bonds. The maximum absolute atomic E-state index is 12.8. The van der Waals surface area contributed by atoms with E-state index >= 15 is 0 Å². The van der Waals surface area contributed by atoms with Crippen LogP contribution in [0.4, 0.5) is 24.5 Å². The first-order valence-electron chi connectivity index (χ1n) is 8.74. The summed E-state index contributed by atoms with van der Waals surface area (Å²) in [6, 6.07) is 3.14. The van der Waals surface area contributed by atoms with E-state index in [4.69, 9.17) is 0 Å². The summed E-state index contributed by atoms with van der Waals surface area (Å²) in [5, 5.41) is 4.33. The van der Waals surface area contributed by atoms with E-state index in [1.165, 1.54) is 18.5 Å². The second-order valence-electron chi connectivity index (χ2n) is 7.60. The third-order valence-electron chi connectivity index (χ3n) is 4.10. The summed E-state index contributed by atoms with van der Waals surface area (Å²) in [5.41, 5.74) is -0.567. The lowest BCUT2D eigenvalue weighted by atomic mass is 9.96. The Labute approximate surface area is 169 Å². The Morgan fingerprint density at radius 3 is 2.45 bits per heavy atom. The van der Waals surface area contributed by atoms with Crippen LogP contribution in [0.15, 0.2) is 35.5 Å². The summed E-state index contributed by atoms with van der Waals surface area (Å²) < 4.78 is 38.5. The summed E-state index contributed by atoms with van der Waals surface area (Å²) in [4.78, 5) is 33.5. The lowest BCUT2D eigenvalue weighted by Crippen LogP contribution is -2.32. The molecule has 29 heavy (non-hydrogen) atoms. The summed E-state index contributed by atoms with van der Waals surface area (Å²) >= 11 is 1.06. The van der Waals surface area contributed by atoms with Crippen molar-refractivity contribution >= 4 is 35.0 Å². The molecule has 10 heteroatoms. The molecule has 154 valence electrons. The summed E-state index contributed by atoms with van der Waals surface area (Å²) in [7, 11) is 0. The lowest BCUT2D eigenvalue weighted by molar-refractivity contribution is -0.137. The van der Waals surface area contributed by atoms with Gasteiger partial charge in [-0.2, -0.15) is 13.2 Å². The number of rotatable bonds is 3. The highest BCUT2D eigenvalue weighted by Crippen LogP contribution is 2.40. The maximum atomic E-state index is 12.8. The topological polar surface area (TPSA) is 84.0 Å². The van der Waals surface area contributed by atoms with E-state index in [1.807, 2.05) is 20.8 Å². The van der Waals surface area contributed by atoms with Crippen molar-refractivity contribution in [2.75, 3.05) is 10.6 Å². The molecular formula is C19H19F3N4O2S. The number of hydrogen-bond acceptors (Lipinski definition) is 5. The number of hydrogen-bond donors (Lipinski definition) is 2. The van der Waals surface area contributed by atoms with E-state index in [9.17, 15) is 22.8 Å². The fourth-order valence-corrected chi connectivity index (χ4v) is 3.71. The molecule has 0 aliphatic carbocycles. The number of halogens is 3. The number of amides is 2. The zero-order valence-corrected chi connectivity index (χ0v) is 16.7. The van der Waals surface area contributed by atoms with Gasteiger partial charge in [-0.1, -0.05) is 20.8 Å². The van der Waals surface area contributed by atoms with Gasteiger partial charge in [0.2, 0.25) is 11.8 Å². The van der Waals surface area contributed by atoms with Crippen LogP contribution in [0.5, 0.6) is 0 Å². The van der Waals surface area contributed by atoms with Crippen molar-refractivity contribution in [2.45, 2.75) is 48.9 Å². The van der Waals surface area contributed by atoms with Crippen LogP contribution < -0.4 is 10.6 Å². The number of thioether (sulfide) groups is 1. The van der Waals surface area contributed by atoms with Gasteiger partial charge in [0.15, 0.2) is 0 Å². The molecule has 0 unspecified atom stereocenters. The average molecular weight is 424 g/mol. The van der Waals surface area contributed by atoms with Crippen molar-refractivity contribution in [3.05, 3.63) is 42.0 Å². The number of alkyl halides is 3. The Balaban J connectivity index is 1.65. The third-order valence-corrected chi connectivity index (χ3v) is 5.38. The average Bonchev–Trinajstić information content (AvgIpc) is 2.60. The normalized spacial score (nSPS) is 16.8. The minimum atomic E-state index is -4.49. The zero-order chi connectivity index (χ0) is 21.4. The Bertz CT molecular complexity index is 940. The molecule has 2 N–H and O–H groups in total. The van der Waals surface area contributed by atoms with Gasteiger partial charge in [0, 0.05) is 16.7 Å². The highest BCUT2D eigenvalue weighted by Gasteiger charge is 2.34. The number of aromatic nitrogens is 2. The van der Waals surface area contributed by atoms with Crippen LogP contribution in [0.25, 0.3) is 0 Å². The van der Waals surface area contributed by atoms with Gasteiger partial charge >= 0.3 is 6.18 Å². The van der Waals surface area contributed by atoms with E-state index in [1.54, 1.807) is 0 Å². The van der Waals surface area contributed by atoms with E-state index in [-0.39, 0.29) is 17.5 Å². The van der Waals surface area contributed by atoms with Gasteiger partial charge in [0.1, 0.15) is 5.82 Å². The first kappa shape index (κ1) is 21.1. The standard InChI is InChI=1S/C19H19F3N4O2S/c1-18(2,3)17-23-8-11(9-24-17)25-15(27)7-14-16(28)26-12-6-10(19(20,21)22)4-5-13(12)29-14/h4-6,8-9,14H,7H2,1-3H3,(H,25,27)(H,26,28)/t14-/m1/s1. The van der Waals surface area contributed by atoms with Crippen molar-refractivity contribution in [2.24, 2.45) is 0 Å². The van der Waals surface area contributed by atoms with Crippen molar-refractivity contribution in [3.63, 3.8) is 0 Å². The molecule has 0 fully saturated rings. The van der Waals surface area contributed by atoms with Crippen molar-refractivity contribution in [1.29, 1.82) is 0 Å². The Hall–Kier alpha value is -2.62. The maximum Gasteiger partial charge on any atom is 0.416 e. The van der Waals surface area contributed by atoms with Gasteiger partial charge in [-0.3, -0.25) is 9.59 Å². The van der Waals surface area contributed by atoms with Gasteiger partial charge in [0.05, 0.1) is 34.6 Å². The van der Waals surface area contributed by atoms with Crippen LogP contribution in [0, 0.1) is 0 Å². The van der Waals surface area contributed by atoms with Crippen LogP contribution in [-0.4, -0.2) is 27.0 Å².